The van der Waals surface area contributed by atoms with Crippen LogP contribution in [0.1, 0.15) is 37.9 Å². The van der Waals surface area contributed by atoms with Crippen molar-refractivity contribution in [3.8, 4) is 5.75 Å². The van der Waals surface area contributed by atoms with Crippen LogP contribution in [0.2, 0.25) is 0 Å². The highest BCUT2D eigenvalue weighted by Gasteiger charge is 2.24. The quantitative estimate of drug-likeness (QED) is 0.533. The lowest BCUT2D eigenvalue weighted by atomic mass is 9.92. The molecular formula is C23H23NO3. The van der Waals surface area contributed by atoms with E-state index >= 15 is 0 Å². The van der Waals surface area contributed by atoms with Gasteiger partial charge in [-0.2, -0.15) is 0 Å². The molecule has 0 saturated heterocycles. The number of nitrogens with one attached hydrogen (secondary N) is 1. The summed E-state index contributed by atoms with van der Waals surface area (Å²) in [6, 6.07) is 20.9. The molecule has 138 valence electrons. The number of ether oxygens (including phenoxy) is 1. The minimum Gasteiger partial charge on any atom is -0.426 e. The van der Waals surface area contributed by atoms with Crippen LogP contribution in [0.5, 0.6) is 5.75 Å². The Bertz CT molecular complexity index is 964. The molecular weight excluding hydrogens is 338 g/mol. The fraction of sp³-hybridized carbons (Fsp3) is 0.217. The smallest absolute Gasteiger partial charge is 0.308 e. The van der Waals surface area contributed by atoms with Crippen LogP contribution in [0.4, 0.5) is 0 Å². The summed E-state index contributed by atoms with van der Waals surface area (Å²) in [7, 11) is 0. The molecule has 0 heterocycles. The van der Waals surface area contributed by atoms with E-state index in [1.165, 1.54) is 6.92 Å². The maximum atomic E-state index is 12.6. The van der Waals surface area contributed by atoms with Crippen LogP contribution in [0.25, 0.3) is 10.8 Å². The third-order valence-electron chi connectivity index (χ3n) is 4.42. The standard InChI is InChI=1S/C23H23NO3/c1-15(2)23(26)24-22(18-10-5-4-6-11-18)21-19-12-8-7-9-17(19)13-14-20(21)27-16(3)25/h4-15,22H,1-3H3,(H,24,26). The van der Waals surface area contributed by atoms with E-state index in [1.807, 2.05) is 74.5 Å². The maximum Gasteiger partial charge on any atom is 0.308 e. The summed E-state index contributed by atoms with van der Waals surface area (Å²) < 4.78 is 5.51. The molecule has 0 bridgehead atoms. The largest absolute Gasteiger partial charge is 0.426 e. The summed E-state index contributed by atoms with van der Waals surface area (Å²) in [5.41, 5.74) is 1.71. The highest BCUT2D eigenvalue weighted by atomic mass is 16.5. The first kappa shape index (κ1) is 18.6. The van der Waals surface area contributed by atoms with E-state index in [1.54, 1.807) is 6.07 Å². The predicted octanol–water partition coefficient (Wildman–Crippen LogP) is 4.63. The van der Waals surface area contributed by atoms with Gasteiger partial charge in [-0.15, -0.1) is 0 Å². The molecule has 0 aromatic heterocycles. The van der Waals surface area contributed by atoms with Gasteiger partial charge in [0.15, 0.2) is 0 Å². The van der Waals surface area contributed by atoms with Gasteiger partial charge in [-0.1, -0.05) is 74.5 Å². The van der Waals surface area contributed by atoms with E-state index in [9.17, 15) is 9.59 Å². The van der Waals surface area contributed by atoms with Crippen molar-refractivity contribution in [2.24, 2.45) is 5.92 Å². The topological polar surface area (TPSA) is 55.4 Å². The van der Waals surface area contributed by atoms with Gasteiger partial charge in [0.2, 0.25) is 5.91 Å². The Balaban J connectivity index is 2.24. The van der Waals surface area contributed by atoms with Crippen LogP contribution in [0.15, 0.2) is 66.7 Å². The van der Waals surface area contributed by atoms with E-state index in [0.29, 0.717) is 5.75 Å². The highest BCUT2D eigenvalue weighted by molar-refractivity contribution is 5.90. The van der Waals surface area contributed by atoms with Crippen molar-refractivity contribution in [3.05, 3.63) is 77.9 Å². The fourth-order valence-electron chi connectivity index (χ4n) is 3.09. The summed E-state index contributed by atoms with van der Waals surface area (Å²) in [5, 5.41) is 5.08. The molecule has 0 radical (unpaired) electrons. The van der Waals surface area contributed by atoms with Crippen LogP contribution < -0.4 is 10.1 Å². The number of hydrogen-bond donors (Lipinski definition) is 1. The van der Waals surface area contributed by atoms with Gasteiger partial charge < -0.3 is 10.1 Å². The average molecular weight is 361 g/mol. The van der Waals surface area contributed by atoms with Gasteiger partial charge in [-0.05, 0) is 22.4 Å². The van der Waals surface area contributed by atoms with Gasteiger partial charge in [0.1, 0.15) is 5.75 Å². The van der Waals surface area contributed by atoms with E-state index in [0.717, 1.165) is 21.9 Å². The first-order valence-corrected chi connectivity index (χ1v) is 9.02. The lowest BCUT2D eigenvalue weighted by Crippen LogP contribution is -2.33. The second-order valence-corrected chi connectivity index (χ2v) is 6.80. The van der Waals surface area contributed by atoms with Gasteiger partial charge in [-0.25, -0.2) is 0 Å². The molecule has 0 aliphatic rings. The number of hydrogen-bond acceptors (Lipinski definition) is 3. The Morgan fingerprint density at radius 3 is 2.22 bits per heavy atom. The summed E-state index contributed by atoms with van der Waals surface area (Å²) in [6.07, 6.45) is 0. The van der Waals surface area contributed by atoms with Gasteiger partial charge in [-0.3, -0.25) is 9.59 Å². The summed E-state index contributed by atoms with van der Waals surface area (Å²) in [6.45, 7) is 5.09. The number of fused-ring (bicyclic) bond motifs is 1. The van der Waals surface area contributed by atoms with Crippen molar-refractivity contribution in [2.75, 3.05) is 0 Å². The van der Waals surface area contributed by atoms with Crippen molar-refractivity contribution in [3.63, 3.8) is 0 Å². The Morgan fingerprint density at radius 1 is 0.889 bits per heavy atom. The number of benzene rings is 3. The molecule has 3 aromatic rings. The lowest BCUT2D eigenvalue weighted by molar-refractivity contribution is -0.131. The first-order chi connectivity index (χ1) is 13.0. The third kappa shape index (κ3) is 4.17. The average Bonchev–Trinajstić information content (AvgIpc) is 2.66. The molecule has 0 aliphatic carbocycles. The lowest BCUT2D eigenvalue weighted by Gasteiger charge is -2.24. The molecule has 1 amide bonds. The van der Waals surface area contributed by atoms with Gasteiger partial charge in [0.05, 0.1) is 6.04 Å². The predicted molar refractivity (Wildman–Crippen MR) is 107 cm³/mol. The van der Waals surface area contributed by atoms with Crippen LogP contribution in [0, 0.1) is 5.92 Å². The highest BCUT2D eigenvalue weighted by Crippen LogP contribution is 2.36. The third-order valence-corrected chi connectivity index (χ3v) is 4.42. The summed E-state index contributed by atoms with van der Waals surface area (Å²) in [5.74, 6) is -0.165. The molecule has 1 atom stereocenters. The van der Waals surface area contributed by atoms with Crippen LogP contribution in [-0.2, 0) is 9.59 Å². The van der Waals surface area contributed by atoms with Crippen LogP contribution >= 0.6 is 0 Å². The molecule has 1 N–H and O–H groups in total. The monoisotopic (exact) mass is 361 g/mol. The van der Waals surface area contributed by atoms with Crippen molar-refractivity contribution < 1.29 is 14.3 Å². The number of amides is 1. The number of carbonyl (C=O) groups excluding carboxylic acids is 2. The van der Waals surface area contributed by atoms with E-state index in [4.69, 9.17) is 4.74 Å². The Labute approximate surface area is 159 Å². The second-order valence-electron chi connectivity index (χ2n) is 6.80. The van der Waals surface area contributed by atoms with Gasteiger partial charge >= 0.3 is 5.97 Å². The Hall–Kier alpha value is -3.14. The zero-order valence-electron chi connectivity index (χ0n) is 15.7. The van der Waals surface area contributed by atoms with Crippen LogP contribution in [-0.4, -0.2) is 11.9 Å². The second kappa shape index (κ2) is 8.04. The van der Waals surface area contributed by atoms with E-state index < -0.39 is 12.0 Å². The summed E-state index contributed by atoms with van der Waals surface area (Å²) >= 11 is 0. The molecule has 0 spiro atoms. The normalized spacial score (nSPS) is 12.0. The maximum absolute atomic E-state index is 12.6. The van der Waals surface area contributed by atoms with Crippen molar-refractivity contribution in [1.29, 1.82) is 0 Å². The number of rotatable bonds is 5. The van der Waals surface area contributed by atoms with Gasteiger partial charge in [0.25, 0.3) is 0 Å². The van der Waals surface area contributed by atoms with E-state index in [2.05, 4.69) is 5.32 Å². The minimum absolute atomic E-state index is 0.0643. The molecule has 0 fully saturated rings. The van der Waals surface area contributed by atoms with Crippen molar-refractivity contribution in [1.82, 2.24) is 5.32 Å². The minimum atomic E-state index is -0.429. The van der Waals surface area contributed by atoms with E-state index in [-0.39, 0.29) is 11.8 Å². The molecule has 1 unspecified atom stereocenters. The van der Waals surface area contributed by atoms with Crippen LogP contribution in [0.3, 0.4) is 0 Å². The Morgan fingerprint density at radius 2 is 1.56 bits per heavy atom. The number of carbonyl (C=O) groups is 2. The first-order valence-electron chi connectivity index (χ1n) is 9.02. The molecule has 4 heteroatoms. The van der Waals surface area contributed by atoms with Crippen molar-refractivity contribution in [2.45, 2.75) is 26.8 Å². The number of esters is 1. The van der Waals surface area contributed by atoms with Gasteiger partial charge in [0, 0.05) is 18.4 Å². The Kier molecular flexibility index (Phi) is 5.55. The summed E-state index contributed by atoms with van der Waals surface area (Å²) in [4.78, 5) is 24.2. The molecule has 27 heavy (non-hydrogen) atoms. The zero-order valence-corrected chi connectivity index (χ0v) is 15.7. The van der Waals surface area contributed by atoms with Crippen molar-refractivity contribution >= 4 is 22.6 Å². The zero-order chi connectivity index (χ0) is 19.4. The fourth-order valence-corrected chi connectivity index (χ4v) is 3.09. The molecule has 3 aromatic carbocycles. The SMILES string of the molecule is CC(=O)Oc1ccc2ccccc2c1C(NC(=O)C(C)C)c1ccccc1. The molecule has 3 rings (SSSR count). The molecule has 0 saturated carbocycles. The molecule has 4 nitrogen and oxygen atoms in total. The molecule has 0 aliphatic heterocycles.